The fraction of sp³-hybridized carbons (Fsp3) is 0.381. The molecule has 1 aromatic carbocycles. The minimum Gasteiger partial charge on any atom is -0.269 e. The van der Waals surface area contributed by atoms with Crippen molar-refractivity contribution in [2.75, 3.05) is 0 Å². The van der Waals surface area contributed by atoms with E-state index < -0.39 is 0 Å². The third-order valence-corrected chi connectivity index (χ3v) is 5.10. The normalized spacial score (nSPS) is 16.4. The van der Waals surface area contributed by atoms with Crippen LogP contribution in [0.2, 0.25) is 0 Å². The van der Waals surface area contributed by atoms with Crippen LogP contribution in [0, 0.1) is 13.8 Å². The Morgan fingerprint density at radius 3 is 2.60 bits per heavy atom. The van der Waals surface area contributed by atoms with Crippen molar-refractivity contribution in [2.24, 2.45) is 0 Å². The SMILES string of the molecule is C/C(=C\C(C)c1cnn(C2CC2)c1)c1ccc2nc(C)c(C)nc2c1. The molecule has 4 heteroatoms. The summed E-state index contributed by atoms with van der Waals surface area (Å²) in [5, 5.41) is 4.51. The van der Waals surface area contributed by atoms with Gasteiger partial charge in [0.2, 0.25) is 0 Å². The fourth-order valence-corrected chi connectivity index (χ4v) is 3.17. The van der Waals surface area contributed by atoms with Crippen LogP contribution in [-0.2, 0) is 0 Å². The van der Waals surface area contributed by atoms with Gasteiger partial charge in [-0.1, -0.05) is 19.1 Å². The molecule has 3 aromatic rings. The third-order valence-electron chi connectivity index (χ3n) is 5.10. The average Bonchev–Trinajstić information content (AvgIpc) is 3.32. The highest BCUT2D eigenvalue weighted by atomic mass is 15.3. The summed E-state index contributed by atoms with van der Waals surface area (Å²) in [5.41, 5.74) is 7.64. The Bertz CT molecular complexity index is 963. The maximum Gasteiger partial charge on any atom is 0.0896 e. The lowest BCUT2D eigenvalue weighted by Gasteiger charge is -2.09. The van der Waals surface area contributed by atoms with Crippen LogP contribution in [0.15, 0.2) is 36.7 Å². The van der Waals surface area contributed by atoms with Crippen LogP contribution in [0.25, 0.3) is 16.6 Å². The Balaban J connectivity index is 1.61. The Morgan fingerprint density at radius 1 is 1.16 bits per heavy atom. The summed E-state index contributed by atoms with van der Waals surface area (Å²) in [6.45, 7) is 8.41. The molecule has 0 N–H and O–H groups in total. The van der Waals surface area contributed by atoms with Gasteiger partial charge in [0.05, 0.1) is 34.7 Å². The number of rotatable bonds is 4. The molecule has 2 aromatic heterocycles. The van der Waals surface area contributed by atoms with E-state index in [-0.39, 0.29) is 0 Å². The van der Waals surface area contributed by atoms with Gasteiger partial charge in [-0.15, -0.1) is 0 Å². The molecule has 25 heavy (non-hydrogen) atoms. The van der Waals surface area contributed by atoms with E-state index in [0.717, 1.165) is 22.4 Å². The second kappa shape index (κ2) is 6.10. The minimum atomic E-state index is 0.342. The van der Waals surface area contributed by atoms with Crippen LogP contribution in [0.1, 0.15) is 61.2 Å². The number of allylic oxidation sites excluding steroid dienone is 2. The lowest BCUT2D eigenvalue weighted by molar-refractivity contribution is 0.640. The highest BCUT2D eigenvalue weighted by molar-refractivity contribution is 5.80. The average molecular weight is 332 g/mol. The molecule has 1 aliphatic rings. The highest BCUT2D eigenvalue weighted by Gasteiger charge is 2.24. The van der Waals surface area contributed by atoms with Crippen molar-refractivity contribution in [2.45, 2.75) is 52.5 Å². The van der Waals surface area contributed by atoms with Crippen molar-refractivity contribution in [1.82, 2.24) is 19.7 Å². The van der Waals surface area contributed by atoms with E-state index in [2.05, 4.69) is 64.1 Å². The highest BCUT2D eigenvalue weighted by Crippen LogP contribution is 2.35. The van der Waals surface area contributed by atoms with Crippen LogP contribution in [-0.4, -0.2) is 19.7 Å². The van der Waals surface area contributed by atoms with Gasteiger partial charge in [-0.2, -0.15) is 5.10 Å². The first kappa shape index (κ1) is 16.0. The van der Waals surface area contributed by atoms with E-state index in [9.17, 15) is 0 Å². The van der Waals surface area contributed by atoms with Crippen molar-refractivity contribution in [3.05, 3.63) is 59.2 Å². The van der Waals surface area contributed by atoms with Gasteiger partial charge in [-0.3, -0.25) is 4.68 Å². The molecule has 4 nitrogen and oxygen atoms in total. The molecule has 0 bridgehead atoms. The summed E-state index contributed by atoms with van der Waals surface area (Å²) >= 11 is 0. The van der Waals surface area contributed by atoms with E-state index >= 15 is 0 Å². The van der Waals surface area contributed by atoms with Gasteiger partial charge in [0, 0.05) is 12.1 Å². The monoisotopic (exact) mass is 332 g/mol. The van der Waals surface area contributed by atoms with E-state index in [1.807, 2.05) is 20.0 Å². The van der Waals surface area contributed by atoms with Crippen molar-refractivity contribution in [3.8, 4) is 0 Å². The zero-order chi connectivity index (χ0) is 17.6. The number of nitrogens with zero attached hydrogens (tertiary/aromatic N) is 4. The zero-order valence-electron chi connectivity index (χ0n) is 15.3. The maximum atomic E-state index is 4.68. The van der Waals surface area contributed by atoms with Crippen molar-refractivity contribution in [3.63, 3.8) is 0 Å². The van der Waals surface area contributed by atoms with E-state index in [1.165, 1.54) is 29.5 Å². The molecule has 4 rings (SSSR count). The Labute approximate surface area is 148 Å². The fourth-order valence-electron chi connectivity index (χ4n) is 3.17. The molecule has 0 spiro atoms. The van der Waals surface area contributed by atoms with Gasteiger partial charge in [0.1, 0.15) is 0 Å². The van der Waals surface area contributed by atoms with Gasteiger partial charge in [0.15, 0.2) is 0 Å². The van der Waals surface area contributed by atoms with Crippen molar-refractivity contribution < 1.29 is 0 Å². The molecular weight excluding hydrogens is 308 g/mol. The summed E-state index contributed by atoms with van der Waals surface area (Å²) in [4.78, 5) is 9.30. The first-order valence-electron chi connectivity index (χ1n) is 8.99. The van der Waals surface area contributed by atoms with Gasteiger partial charge in [0.25, 0.3) is 0 Å². The first-order chi connectivity index (χ1) is 12.0. The number of hydrogen-bond donors (Lipinski definition) is 0. The molecule has 128 valence electrons. The van der Waals surface area contributed by atoms with Crippen LogP contribution < -0.4 is 0 Å². The lowest BCUT2D eigenvalue weighted by atomic mass is 9.98. The summed E-state index contributed by atoms with van der Waals surface area (Å²) in [7, 11) is 0. The van der Waals surface area contributed by atoms with E-state index in [0.29, 0.717) is 12.0 Å². The van der Waals surface area contributed by atoms with Gasteiger partial charge < -0.3 is 0 Å². The molecule has 1 unspecified atom stereocenters. The molecule has 1 atom stereocenters. The predicted octanol–water partition coefficient (Wildman–Crippen LogP) is 4.99. The molecular formula is C21H24N4. The molecule has 1 saturated carbocycles. The largest absolute Gasteiger partial charge is 0.269 e. The number of aryl methyl sites for hydroxylation is 2. The van der Waals surface area contributed by atoms with Gasteiger partial charge >= 0.3 is 0 Å². The van der Waals surface area contributed by atoms with Gasteiger partial charge in [-0.25, -0.2) is 9.97 Å². The second-order valence-corrected chi connectivity index (χ2v) is 7.22. The molecule has 0 saturated heterocycles. The number of fused-ring (bicyclic) bond motifs is 1. The van der Waals surface area contributed by atoms with Crippen LogP contribution in [0.4, 0.5) is 0 Å². The number of hydrogen-bond acceptors (Lipinski definition) is 3. The topological polar surface area (TPSA) is 43.6 Å². The number of benzene rings is 1. The minimum absolute atomic E-state index is 0.342. The maximum absolute atomic E-state index is 4.68. The molecule has 2 heterocycles. The summed E-state index contributed by atoms with van der Waals surface area (Å²) in [6, 6.07) is 6.98. The number of aromatic nitrogens is 4. The zero-order valence-corrected chi connectivity index (χ0v) is 15.3. The standard InChI is InChI=1S/C21H24N4/c1-13(9-14(2)18-11-22-25(12-18)19-6-7-19)17-5-8-20-21(10-17)24-16(4)15(3)23-20/h5,8-12,14,19H,6-7H2,1-4H3/b13-9+. The lowest BCUT2D eigenvalue weighted by Crippen LogP contribution is -1.95. The van der Waals surface area contributed by atoms with Crippen LogP contribution in [0.5, 0.6) is 0 Å². The Hall–Kier alpha value is -2.49. The van der Waals surface area contributed by atoms with Crippen molar-refractivity contribution >= 4 is 16.6 Å². The molecule has 0 radical (unpaired) electrons. The molecule has 1 fully saturated rings. The summed E-state index contributed by atoms with van der Waals surface area (Å²) < 4.78 is 2.12. The third kappa shape index (κ3) is 3.21. The quantitative estimate of drug-likeness (QED) is 0.676. The molecule has 0 aliphatic heterocycles. The van der Waals surface area contributed by atoms with E-state index in [4.69, 9.17) is 0 Å². The smallest absolute Gasteiger partial charge is 0.0896 e. The Morgan fingerprint density at radius 2 is 1.88 bits per heavy atom. The molecule has 0 amide bonds. The molecule has 1 aliphatic carbocycles. The van der Waals surface area contributed by atoms with Crippen molar-refractivity contribution in [1.29, 1.82) is 0 Å². The predicted molar refractivity (Wildman–Crippen MR) is 102 cm³/mol. The van der Waals surface area contributed by atoms with Gasteiger partial charge in [-0.05, 0) is 62.4 Å². The van der Waals surface area contributed by atoms with Crippen LogP contribution in [0.3, 0.4) is 0 Å². The van der Waals surface area contributed by atoms with E-state index in [1.54, 1.807) is 0 Å². The first-order valence-corrected chi connectivity index (χ1v) is 8.99. The Kier molecular flexibility index (Phi) is 3.91. The second-order valence-electron chi connectivity index (χ2n) is 7.22. The van der Waals surface area contributed by atoms with Crippen LogP contribution >= 0.6 is 0 Å². The summed E-state index contributed by atoms with van der Waals surface area (Å²) in [5.74, 6) is 0.342. The summed E-state index contributed by atoms with van der Waals surface area (Å²) in [6.07, 6.45) is 9.04.